The lowest BCUT2D eigenvalue weighted by atomic mass is 10.0. The molecule has 1 aromatic carbocycles. The molecule has 1 aromatic rings. The molecule has 0 aliphatic carbocycles. The van der Waals surface area contributed by atoms with E-state index in [9.17, 15) is 13.2 Å². The van der Waals surface area contributed by atoms with E-state index in [1.165, 1.54) is 19.3 Å². The van der Waals surface area contributed by atoms with Crippen LogP contribution in [-0.4, -0.2) is 32.7 Å². The van der Waals surface area contributed by atoms with Gasteiger partial charge in [0.15, 0.2) is 30.0 Å². The fourth-order valence-corrected chi connectivity index (χ4v) is 3.26. The molecular formula is C19H25F3O4. The third-order valence-electron chi connectivity index (χ3n) is 4.79. The van der Waals surface area contributed by atoms with Crippen LogP contribution in [-0.2, 0) is 18.9 Å². The van der Waals surface area contributed by atoms with E-state index < -0.39 is 30.0 Å². The first-order valence-electron chi connectivity index (χ1n) is 9.19. The monoisotopic (exact) mass is 374 g/mol. The maximum absolute atomic E-state index is 13.3. The Labute approximate surface area is 151 Å². The number of hydrogen-bond donors (Lipinski definition) is 0. The molecule has 2 aliphatic rings. The van der Waals surface area contributed by atoms with Crippen molar-refractivity contribution in [3.8, 4) is 0 Å². The molecule has 0 spiro atoms. The largest absolute Gasteiger partial charge is 0.352 e. The predicted octanol–water partition coefficient (Wildman–Crippen LogP) is 4.33. The van der Waals surface area contributed by atoms with Gasteiger partial charge in [-0.05, 0) is 18.6 Å². The molecule has 0 amide bonds. The lowest BCUT2D eigenvalue weighted by Gasteiger charge is -2.37. The van der Waals surface area contributed by atoms with E-state index in [0.717, 1.165) is 18.6 Å². The number of hydrogen-bond acceptors (Lipinski definition) is 4. The highest BCUT2D eigenvalue weighted by Gasteiger charge is 2.34. The summed E-state index contributed by atoms with van der Waals surface area (Å²) in [7, 11) is 0. The molecule has 4 nitrogen and oxygen atoms in total. The maximum Gasteiger partial charge on any atom is 0.194 e. The molecule has 0 saturated carbocycles. The second-order valence-corrected chi connectivity index (χ2v) is 6.95. The Bertz CT molecular complexity index is 559. The standard InChI is InChI=1S/C19H25F3O4/c1-2-3-4-5-12-8-23-19(24-9-12)14-10-25-18(26-11-14)13-6-15(20)17(22)16(21)7-13/h6-7,12,14,18-19H,2-5,8-11H2,1H3. The first-order valence-corrected chi connectivity index (χ1v) is 9.19. The third kappa shape index (κ3) is 4.76. The van der Waals surface area contributed by atoms with Gasteiger partial charge in [-0.25, -0.2) is 13.2 Å². The Kier molecular flexibility index (Phi) is 6.92. The molecule has 7 heteroatoms. The summed E-state index contributed by atoms with van der Waals surface area (Å²) in [6.07, 6.45) is 3.36. The SMILES string of the molecule is CCCCCC1COC(C2COC(c3cc(F)c(F)c(F)c3)OC2)OC1. The van der Waals surface area contributed by atoms with Gasteiger partial charge < -0.3 is 18.9 Å². The molecule has 0 aromatic heterocycles. The zero-order valence-electron chi connectivity index (χ0n) is 14.9. The average molecular weight is 374 g/mol. The molecule has 0 unspecified atom stereocenters. The van der Waals surface area contributed by atoms with Crippen molar-refractivity contribution in [1.82, 2.24) is 0 Å². The number of rotatable bonds is 6. The van der Waals surface area contributed by atoms with Crippen LogP contribution in [0, 0.1) is 29.3 Å². The van der Waals surface area contributed by atoms with Crippen molar-refractivity contribution in [2.45, 2.75) is 45.2 Å². The number of halogens is 3. The van der Waals surface area contributed by atoms with Gasteiger partial charge in [-0.1, -0.05) is 26.2 Å². The molecule has 2 heterocycles. The lowest BCUT2D eigenvalue weighted by Crippen LogP contribution is -2.43. The van der Waals surface area contributed by atoms with Crippen LogP contribution >= 0.6 is 0 Å². The Balaban J connectivity index is 1.46. The van der Waals surface area contributed by atoms with Crippen LogP contribution in [0.3, 0.4) is 0 Å². The van der Waals surface area contributed by atoms with E-state index in [4.69, 9.17) is 18.9 Å². The van der Waals surface area contributed by atoms with Crippen LogP contribution < -0.4 is 0 Å². The fourth-order valence-electron chi connectivity index (χ4n) is 3.26. The summed E-state index contributed by atoms with van der Waals surface area (Å²) in [6.45, 7) is 4.03. The van der Waals surface area contributed by atoms with E-state index in [1.54, 1.807) is 0 Å². The van der Waals surface area contributed by atoms with Crippen LogP contribution in [0.15, 0.2) is 12.1 Å². The number of ether oxygens (including phenoxy) is 4. The zero-order chi connectivity index (χ0) is 18.5. The van der Waals surface area contributed by atoms with Crippen LogP contribution in [0.1, 0.15) is 44.5 Å². The predicted molar refractivity (Wildman–Crippen MR) is 87.8 cm³/mol. The highest BCUT2D eigenvalue weighted by atomic mass is 19.2. The number of benzene rings is 1. The van der Waals surface area contributed by atoms with E-state index in [1.807, 2.05) is 0 Å². The highest BCUT2D eigenvalue weighted by Crippen LogP contribution is 2.31. The smallest absolute Gasteiger partial charge is 0.194 e. The second-order valence-electron chi connectivity index (χ2n) is 6.95. The van der Waals surface area contributed by atoms with Gasteiger partial charge in [0, 0.05) is 11.5 Å². The van der Waals surface area contributed by atoms with Crippen LogP contribution in [0.4, 0.5) is 13.2 Å². The van der Waals surface area contributed by atoms with Crippen molar-refractivity contribution in [2.75, 3.05) is 26.4 Å². The molecule has 0 atom stereocenters. The molecule has 2 saturated heterocycles. The Morgan fingerprint density at radius 1 is 0.885 bits per heavy atom. The minimum Gasteiger partial charge on any atom is -0.352 e. The summed E-state index contributed by atoms with van der Waals surface area (Å²) in [4.78, 5) is 0. The van der Waals surface area contributed by atoms with Crippen molar-refractivity contribution in [3.63, 3.8) is 0 Å². The van der Waals surface area contributed by atoms with Gasteiger partial charge in [0.2, 0.25) is 0 Å². The zero-order valence-corrected chi connectivity index (χ0v) is 14.9. The van der Waals surface area contributed by atoms with Crippen LogP contribution in [0.2, 0.25) is 0 Å². The first-order chi connectivity index (χ1) is 12.6. The molecule has 0 N–H and O–H groups in total. The molecule has 146 valence electrons. The van der Waals surface area contributed by atoms with Crippen molar-refractivity contribution in [2.24, 2.45) is 11.8 Å². The van der Waals surface area contributed by atoms with Crippen molar-refractivity contribution in [1.29, 1.82) is 0 Å². The summed E-state index contributed by atoms with van der Waals surface area (Å²) >= 11 is 0. The first kappa shape index (κ1) is 19.6. The van der Waals surface area contributed by atoms with Gasteiger partial charge in [-0.15, -0.1) is 0 Å². The minimum atomic E-state index is -1.50. The van der Waals surface area contributed by atoms with E-state index in [-0.39, 0.29) is 24.7 Å². The summed E-state index contributed by atoms with van der Waals surface area (Å²) in [5, 5.41) is 0. The van der Waals surface area contributed by atoms with E-state index >= 15 is 0 Å². The molecule has 0 bridgehead atoms. The number of unbranched alkanes of at least 4 members (excludes halogenated alkanes) is 2. The van der Waals surface area contributed by atoms with Gasteiger partial charge >= 0.3 is 0 Å². The van der Waals surface area contributed by atoms with Crippen LogP contribution in [0.25, 0.3) is 0 Å². The third-order valence-corrected chi connectivity index (χ3v) is 4.79. The molecule has 2 fully saturated rings. The quantitative estimate of drug-likeness (QED) is 0.548. The lowest BCUT2D eigenvalue weighted by molar-refractivity contribution is -0.283. The van der Waals surface area contributed by atoms with Gasteiger partial charge in [-0.2, -0.15) is 0 Å². The van der Waals surface area contributed by atoms with Gasteiger partial charge in [0.1, 0.15) is 0 Å². The van der Waals surface area contributed by atoms with Crippen LogP contribution in [0.5, 0.6) is 0 Å². The molecule has 0 radical (unpaired) electrons. The highest BCUT2D eigenvalue weighted by molar-refractivity contribution is 5.20. The summed E-state index contributed by atoms with van der Waals surface area (Å²) in [5.74, 6) is -3.72. The fraction of sp³-hybridized carbons (Fsp3) is 0.684. The summed E-state index contributed by atoms with van der Waals surface area (Å²) < 4.78 is 62.4. The topological polar surface area (TPSA) is 36.9 Å². The van der Waals surface area contributed by atoms with Gasteiger partial charge in [0.05, 0.1) is 32.3 Å². The normalized spacial score (nSPS) is 29.7. The van der Waals surface area contributed by atoms with Gasteiger partial charge in [0.25, 0.3) is 0 Å². The maximum atomic E-state index is 13.3. The Morgan fingerprint density at radius 2 is 1.50 bits per heavy atom. The van der Waals surface area contributed by atoms with E-state index in [2.05, 4.69) is 6.92 Å². The second kappa shape index (κ2) is 9.17. The molecular weight excluding hydrogens is 349 g/mol. The van der Waals surface area contributed by atoms with Crippen molar-refractivity contribution < 1.29 is 32.1 Å². The Hall–Kier alpha value is -1.15. The summed E-state index contributed by atoms with van der Waals surface area (Å²) in [6, 6.07) is 1.77. The summed E-state index contributed by atoms with van der Waals surface area (Å²) in [5.41, 5.74) is 0.112. The van der Waals surface area contributed by atoms with Gasteiger partial charge in [-0.3, -0.25) is 0 Å². The molecule has 3 rings (SSSR count). The molecule has 2 aliphatic heterocycles. The van der Waals surface area contributed by atoms with Crippen molar-refractivity contribution in [3.05, 3.63) is 35.1 Å². The van der Waals surface area contributed by atoms with E-state index in [0.29, 0.717) is 19.1 Å². The minimum absolute atomic E-state index is 0.112. The Morgan fingerprint density at radius 3 is 2.08 bits per heavy atom. The van der Waals surface area contributed by atoms with Crippen molar-refractivity contribution >= 4 is 0 Å². The average Bonchev–Trinajstić information content (AvgIpc) is 2.67. The molecule has 26 heavy (non-hydrogen) atoms.